The Morgan fingerprint density at radius 3 is 2.88 bits per heavy atom. The SMILES string of the molecule is CCC(=O)c1cccc(-c2ccncc2F)c1. The maximum absolute atomic E-state index is 13.5. The Kier molecular flexibility index (Phi) is 3.28. The van der Waals surface area contributed by atoms with E-state index in [9.17, 15) is 9.18 Å². The Bertz CT molecular complexity index is 551. The number of nitrogens with zero attached hydrogens (tertiary/aromatic N) is 1. The van der Waals surface area contributed by atoms with Crippen LogP contribution in [-0.4, -0.2) is 10.8 Å². The van der Waals surface area contributed by atoms with Crippen LogP contribution < -0.4 is 0 Å². The zero-order valence-corrected chi connectivity index (χ0v) is 9.48. The van der Waals surface area contributed by atoms with Crippen LogP contribution in [0.1, 0.15) is 23.7 Å². The first kappa shape index (κ1) is 11.5. The molecule has 0 fully saturated rings. The van der Waals surface area contributed by atoms with Crippen molar-refractivity contribution in [3.05, 3.63) is 54.1 Å². The molecule has 0 atom stereocenters. The van der Waals surface area contributed by atoms with Gasteiger partial charge in [-0.2, -0.15) is 0 Å². The van der Waals surface area contributed by atoms with E-state index < -0.39 is 0 Å². The van der Waals surface area contributed by atoms with Gasteiger partial charge in [0.1, 0.15) is 5.82 Å². The van der Waals surface area contributed by atoms with Crippen molar-refractivity contribution in [3.8, 4) is 11.1 Å². The molecule has 0 radical (unpaired) electrons. The Labute approximate surface area is 99.1 Å². The number of pyridine rings is 1. The number of benzene rings is 1. The standard InChI is InChI=1S/C14H12FNO/c1-2-14(17)11-5-3-4-10(8-11)12-6-7-16-9-13(12)15/h3-9H,2H2,1H3. The molecule has 2 nitrogen and oxygen atoms in total. The van der Waals surface area contributed by atoms with E-state index in [2.05, 4.69) is 4.98 Å². The average molecular weight is 229 g/mol. The molecule has 0 bridgehead atoms. The van der Waals surface area contributed by atoms with Gasteiger partial charge < -0.3 is 0 Å². The van der Waals surface area contributed by atoms with Gasteiger partial charge in [0.25, 0.3) is 0 Å². The summed E-state index contributed by atoms with van der Waals surface area (Å²) < 4.78 is 13.5. The number of hydrogen-bond acceptors (Lipinski definition) is 2. The lowest BCUT2D eigenvalue weighted by molar-refractivity contribution is 0.0988. The second-order valence-corrected chi connectivity index (χ2v) is 3.71. The normalized spacial score (nSPS) is 10.2. The molecule has 0 aliphatic rings. The van der Waals surface area contributed by atoms with Crippen LogP contribution >= 0.6 is 0 Å². The highest BCUT2D eigenvalue weighted by molar-refractivity contribution is 5.96. The van der Waals surface area contributed by atoms with Crippen LogP contribution in [-0.2, 0) is 0 Å². The number of carbonyl (C=O) groups excluding carboxylic acids is 1. The molecule has 1 heterocycles. The first-order valence-corrected chi connectivity index (χ1v) is 5.45. The molecule has 17 heavy (non-hydrogen) atoms. The van der Waals surface area contributed by atoms with Crippen LogP contribution in [0.25, 0.3) is 11.1 Å². The van der Waals surface area contributed by atoms with E-state index in [0.717, 1.165) is 0 Å². The molecule has 0 saturated heterocycles. The van der Waals surface area contributed by atoms with E-state index in [1.54, 1.807) is 30.3 Å². The predicted molar refractivity (Wildman–Crippen MR) is 64.3 cm³/mol. The monoisotopic (exact) mass is 229 g/mol. The van der Waals surface area contributed by atoms with Gasteiger partial charge in [0.15, 0.2) is 5.78 Å². The van der Waals surface area contributed by atoms with Crippen molar-refractivity contribution in [2.45, 2.75) is 13.3 Å². The highest BCUT2D eigenvalue weighted by atomic mass is 19.1. The summed E-state index contributed by atoms with van der Waals surface area (Å²) in [5.41, 5.74) is 1.77. The number of hydrogen-bond donors (Lipinski definition) is 0. The maximum atomic E-state index is 13.5. The van der Waals surface area contributed by atoms with Crippen LogP contribution in [0.5, 0.6) is 0 Å². The van der Waals surface area contributed by atoms with E-state index >= 15 is 0 Å². The zero-order valence-electron chi connectivity index (χ0n) is 9.48. The third-order valence-corrected chi connectivity index (χ3v) is 2.59. The molecule has 0 saturated carbocycles. The number of ketones is 1. The van der Waals surface area contributed by atoms with Crippen LogP contribution in [0.15, 0.2) is 42.7 Å². The lowest BCUT2D eigenvalue weighted by Crippen LogP contribution is -1.96. The number of rotatable bonds is 3. The summed E-state index contributed by atoms with van der Waals surface area (Å²) in [4.78, 5) is 15.3. The molecule has 0 amide bonds. The molecule has 0 spiro atoms. The lowest BCUT2D eigenvalue weighted by Gasteiger charge is -2.04. The van der Waals surface area contributed by atoms with Crippen molar-refractivity contribution in [1.29, 1.82) is 0 Å². The maximum Gasteiger partial charge on any atom is 0.162 e. The van der Waals surface area contributed by atoms with Crippen molar-refractivity contribution in [2.24, 2.45) is 0 Å². The predicted octanol–water partition coefficient (Wildman–Crippen LogP) is 3.48. The van der Waals surface area contributed by atoms with Gasteiger partial charge >= 0.3 is 0 Å². The minimum absolute atomic E-state index is 0.0568. The molecule has 0 N–H and O–H groups in total. The van der Waals surface area contributed by atoms with Gasteiger partial charge in [-0.3, -0.25) is 9.78 Å². The quantitative estimate of drug-likeness (QED) is 0.754. The minimum atomic E-state index is -0.381. The van der Waals surface area contributed by atoms with Gasteiger partial charge in [0, 0.05) is 23.7 Å². The second-order valence-electron chi connectivity index (χ2n) is 3.71. The van der Waals surface area contributed by atoms with E-state index in [0.29, 0.717) is 23.1 Å². The summed E-state index contributed by atoms with van der Waals surface area (Å²) >= 11 is 0. The summed E-state index contributed by atoms with van der Waals surface area (Å²) in [6.45, 7) is 1.81. The molecular formula is C14H12FNO. The highest BCUT2D eigenvalue weighted by Crippen LogP contribution is 2.23. The fraction of sp³-hybridized carbons (Fsp3) is 0.143. The van der Waals surface area contributed by atoms with E-state index in [-0.39, 0.29) is 11.6 Å². The van der Waals surface area contributed by atoms with Crippen LogP contribution in [0.2, 0.25) is 0 Å². The number of halogens is 1. The Morgan fingerprint density at radius 1 is 1.35 bits per heavy atom. The third kappa shape index (κ3) is 2.38. The van der Waals surface area contributed by atoms with Gasteiger partial charge in [-0.1, -0.05) is 25.1 Å². The first-order chi connectivity index (χ1) is 8.22. The summed E-state index contributed by atoms with van der Waals surface area (Å²) in [7, 11) is 0. The Morgan fingerprint density at radius 2 is 2.18 bits per heavy atom. The second kappa shape index (κ2) is 4.87. The summed E-state index contributed by atoms with van der Waals surface area (Å²) in [5, 5.41) is 0. The summed E-state index contributed by atoms with van der Waals surface area (Å²) in [6, 6.07) is 8.60. The largest absolute Gasteiger partial charge is 0.294 e. The molecule has 1 aromatic carbocycles. The van der Waals surface area contributed by atoms with Gasteiger partial charge in [0.05, 0.1) is 6.20 Å². The first-order valence-electron chi connectivity index (χ1n) is 5.45. The van der Waals surface area contributed by atoms with Crippen molar-refractivity contribution in [2.75, 3.05) is 0 Å². The van der Waals surface area contributed by atoms with Crippen LogP contribution in [0.4, 0.5) is 4.39 Å². The van der Waals surface area contributed by atoms with Crippen molar-refractivity contribution in [3.63, 3.8) is 0 Å². The molecule has 0 unspecified atom stereocenters. The van der Waals surface area contributed by atoms with E-state index in [1.165, 1.54) is 12.4 Å². The van der Waals surface area contributed by atoms with Crippen LogP contribution in [0, 0.1) is 5.82 Å². The average Bonchev–Trinajstić information content (AvgIpc) is 2.38. The zero-order chi connectivity index (χ0) is 12.3. The molecule has 2 rings (SSSR count). The topological polar surface area (TPSA) is 30.0 Å². The molecule has 2 aromatic rings. The molecule has 1 aromatic heterocycles. The van der Waals surface area contributed by atoms with Crippen molar-refractivity contribution < 1.29 is 9.18 Å². The van der Waals surface area contributed by atoms with Gasteiger partial charge in [-0.25, -0.2) is 4.39 Å². The Balaban J connectivity index is 2.47. The molecular weight excluding hydrogens is 217 g/mol. The fourth-order valence-electron chi connectivity index (χ4n) is 1.67. The molecule has 86 valence electrons. The van der Waals surface area contributed by atoms with Crippen LogP contribution in [0.3, 0.4) is 0 Å². The fourth-order valence-corrected chi connectivity index (χ4v) is 1.67. The number of aromatic nitrogens is 1. The van der Waals surface area contributed by atoms with Crippen molar-refractivity contribution in [1.82, 2.24) is 4.98 Å². The van der Waals surface area contributed by atoms with Gasteiger partial charge in [-0.05, 0) is 17.7 Å². The highest BCUT2D eigenvalue weighted by Gasteiger charge is 2.07. The van der Waals surface area contributed by atoms with Gasteiger partial charge in [0.2, 0.25) is 0 Å². The number of Topliss-reactive ketones (excluding diaryl/α,β-unsaturated/α-hetero) is 1. The molecule has 0 aliphatic heterocycles. The third-order valence-electron chi connectivity index (χ3n) is 2.59. The Hall–Kier alpha value is -2.03. The molecule has 3 heteroatoms. The smallest absolute Gasteiger partial charge is 0.162 e. The minimum Gasteiger partial charge on any atom is -0.294 e. The van der Waals surface area contributed by atoms with Crippen molar-refractivity contribution >= 4 is 5.78 Å². The lowest BCUT2D eigenvalue weighted by atomic mass is 10.0. The molecule has 0 aliphatic carbocycles. The van der Waals surface area contributed by atoms with Gasteiger partial charge in [-0.15, -0.1) is 0 Å². The summed E-state index contributed by atoms with van der Waals surface area (Å²) in [6.07, 6.45) is 3.15. The number of carbonyl (C=O) groups is 1. The van der Waals surface area contributed by atoms with E-state index in [4.69, 9.17) is 0 Å². The van der Waals surface area contributed by atoms with E-state index in [1.807, 2.05) is 6.92 Å². The summed E-state index contributed by atoms with van der Waals surface area (Å²) in [5.74, 6) is -0.324.